The summed E-state index contributed by atoms with van der Waals surface area (Å²) in [5, 5.41) is 2.92. The molecule has 1 aromatic carbocycles. The molecule has 29 heavy (non-hydrogen) atoms. The van der Waals surface area contributed by atoms with Gasteiger partial charge in [0, 0.05) is 40.0 Å². The van der Waals surface area contributed by atoms with Crippen LogP contribution in [0.5, 0.6) is 0 Å². The Morgan fingerprint density at radius 1 is 1.17 bits per heavy atom. The number of ether oxygens (including phenoxy) is 1. The smallest absolute Gasteiger partial charge is 0.332 e. The van der Waals surface area contributed by atoms with Crippen molar-refractivity contribution in [3.63, 3.8) is 0 Å². The summed E-state index contributed by atoms with van der Waals surface area (Å²) in [6.45, 7) is 2.44. The molecule has 2 aromatic heterocycles. The Morgan fingerprint density at radius 3 is 2.55 bits per heavy atom. The summed E-state index contributed by atoms with van der Waals surface area (Å²) in [6, 6.07) is 5.87. The predicted octanol–water partition coefficient (Wildman–Crippen LogP) is 1.78. The highest BCUT2D eigenvalue weighted by Crippen LogP contribution is 2.19. The minimum atomic E-state index is -0.503. The van der Waals surface area contributed by atoms with Gasteiger partial charge in [-0.15, -0.1) is 0 Å². The van der Waals surface area contributed by atoms with E-state index in [4.69, 9.17) is 4.74 Å². The van der Waals surface area contributed by atoms with E-state index in [1.165, 1.54) is 23.7 Å². The third-order valence-corrected chi connectivity index (χ3v) is 4.89. The average Bonchev–Trinajstić information content (AvgIpc) is 3.07. The molecule has 0 atom stereocenters. The first kappa shape index (κ1) is 20.5. The van der Waals surface area contributed by atoms with Gasteiger partial charge in [-0.3, -0.25) is 18.7 Å². The summed E-state index contributed by atoms with van der Waals surface area (Å²) < 4.78 is 22.9. The fraction of sp³-hybridized carbons (Fsp3) is 0.350. The molecule has 0 aliphatic heterocycles. The zero-order valence-electron chi connectivity index (χ0n) is 16.8. The van der Waals surface area contributed by atoms with Crippen LogP contribution in [-0.2, 0) is 25.4 Å². The van der Waals surface area contributed by atoms with E-state index in [1.807, 2.05) is 0 Å². The topological polar surface area (TPSA) is 87.3 Å². The number of hydrogen-bond donors (Lipinski definition) is 1. The van der Waals surface area contributed by atoms with Crippen molar-refractivity contribution < 1.29 is 13.9 Å². The number of nitrogens with one attached hydrogen (secondary N) is 1. The molecule has 2 heterocycles. The Labute approximate surface area is 166 Å². The maximum atomic E-state index is 13.8. The zero-order valence-corrected chi connectivity index (χ0v) is 16.8. The molecule has 3 rings (SSSR count). The summed E-state index contributed by atoms with van der Waals surface area (Å²) in [5.41, 5.74) is 0.360. The lowest BCUT2D eigenvalue weighted by atomic mass is 10.2. The second-order valence-corrected chi connectivity index (χ2v) is 6.89. The molecule has 1 amide bonds. The number of fused-ring (bicyclic) bond motifs is 1. The number of rotatable bonds is 6. The van der Waals surface area contributed by atoms with Gasteiger partial charge in [0.25, 0.3) is 11.5 Å². The van der Waals surface area contributed by atoms with Crippen LogP contribution in [-0.4, -0.2) is 33.3 Å². The van der Waals surface area contributed by atoms with Crippen molar-refractivity contribution in [1.29, 1.82) is 0 Å². The number of hydrogen-bond acceptors (Lipinski definition) is 4. The van der Waals surface area contributed by atoms with Crippen molar-refractivity contribution in [1.82, 2.24) is 13.7 Å². The standard InChI is InChI=1S/C20H23FN4O4/c1-12-6-7-13(10-15(12)21)22-17(26)16-11-14-18(25(16)8-5-9-29-4)23(2)20(28)24(3)19(14)27/h6-7,10-11H,5,8-9H2,1-4H3,(H,22,26). The largest absolute Gasteiger partial charge is 0.385 e. The van der Waals surface area contributed by atoms with Crippen LogP contribution >= 0.6 is 0 Å². The van der Waals surface area contributed by atoms with Crippen molar-refractivity contribution in [3.05, 3.63) is 62.2 Å². The van der Waals surface area contributed by atoms with E-state index in [0.717, 1.165) is 4.57 Å². The van der Waals surface area contributed by atoms with Gasteiger partial charge < -0.3 is 14.6 Å². The fourth-order valence-corrected chi connectivity index (χ4v) is 3.29. The number of methoxy groups -OCH3 is 1. The minimum Gasteiger partial charge on any atom is -0.385 e. The van der Waals surface area contributed by atoms with Gasteiger partial charge in [-0.2, -0.15) is 0 Å². The van der Waals surface area contributed by atoms with Gasteiger partial charge in [-0.1, -0.05) is 6.07 Å². The number of anilines is 1. The van der Waals surface area contributed by atoms with E-state index >= 15 is 0 Å². The Kier molecular flexibility index (Phi) is 5.69. The number of aryl methyl sites for hydroxylation is 3. The van der Waals surface area contributed by atoms with Crippen molar-refractivity contribution in [2.45, 2.75) is 19.9 Å². The molecule has 0 bridgehead atoms. The lowest BCUT2D eigenvalue weighted by molar-refractivity contribution is 0.101. The molecule has 0 spiro atoms. The number of carbonyl (C=O) groups is 1. The molecule has 0 aliphatic carbocycles. The molecule has 0 saturated heterocycles. The summed E-state index contributed by atoms with van der Waals surface area (Å²) in [7, 11) is 4.51. The number of amides is 1. The van der Waals surface area contributed by atoms with E-state index in [0.29, 0.717) is 36.5 Å². The molecule has 0 saturated carbocycles. The van der Waals surface area contributed by atoms with Gasteiger partial charge in [0.15, 0.2) is 0 Å². The van der Waals surface area contributed by atoms with Crippen LogP contribution in [0.15, 0.2) is 33.9 Å². The van der Waals surface area contributed by atoms with Crippen molar-refractivity contribution >= 4 is 22.6 Å². The van der Waals surface area contributed by atoms with Crippen molar-refractivity contribution in [2.24, 2.45) is 14.1 Å². The van der Waals surface area contributed by atoms with Crippen LogP contribution in [0.2, 0.25) is 0 Å². The Morgan fingerprint density at radius 2 is 1.90 bits per heavy atom. The van der Waals surface area contributed by atoms with Gasteiger partial charge in [0.1, 0.15) is 17.2 Å². The summed E-state index contributed by atoms with van der Waals surface area (Å²) in [5.74, 6) is -0.934. The molecular formula is C20H23FN4O4. The van der Waals surface area contributed by atoms with E-state index < -0.39 is 23.0 Å². The molecule has 0 fully saturated rings. The highest BCUT2D eigenvalue weighted by Gasteiger charge is 2.21. The summed E-state index contributed by atoms with van der Waals surface area (Å²) >= 11 is 0. The maximum absolute atomic E-state index is 13.8. The molecule has 9 heteroatoms. The molecule has 3 aromatic rings. The fourth-order valence-electron chi connectivity index (χ4n) is 3.29. The van der Waals surface area contributed by atoms with Gasteiger partial charge in [0.2, 0.25) is 0 Å². The Bertz CT molecular complexity index is 1210. The minimum absolute atomic E-state index is 0.204. The van der Waals surface area contributed by atoms with Crippen LogP contribution in [0.1, 0.15) is 22.5 Å². The SMILES string of the molecule is COCCCn1c(C(=O)Nc2ccc(C)c(F)c2)cc2c(=O)n(C)c(=O)n(C)c21. The molecule has 1 N–H and O–H groups in total. The highest BCUT2D eigenvalue weighted by molar-refractivity contribution is 6.06. The third-order valence-electron chi connectivity index (χ3n) is 4.89. The molecular weight excluding hydrogens is 379 g/mol. The quantitative estimate of drug-likeness (QED) is 0.637. The van der Waals surface area contributed by atoms with Crippen LogP contribution in [0.3, 0.4) is 0 Å². The summed E-state index contributed by atoms with van der Waals surface area (Å²) in [4.78, 5) is 37.9. The van der Waals surface area contributed by atoms with Crippen LogP contribution in [0, 0.1) is 12.7 Å². The highest BCUT2D eigenvalue weighted by atomic mass is 19.1. The number of carbonyl (C=O) groups excluding carboxylic acids is 1. The average molecular weight is 402 g/mol. The van der Waals surface area contributed by atoms with Crippen LogP contribution in [0.4, 0.5) is 10.1 Å². The van der Waals surface area contributed by atoms with Gasteiger partial charge in [0.05, 0.1) is 5.39 Å². The lowest BCUT2D eigenvalue weighted by Crippen LogP contribution is -2.37. The van der Waals surface area contributed by atoms with Crippen LogP contribution in [0.25, 0.3) is 11.0 Å². The second-order valence-electron chi connectivity index (χ2n) is 6.89. The number of benzene rings is 1. The maximum Gasteiger partial charge on any atom is 0.332 e. The first-order chi connectivity index (χ1) is 13.8. The first-order valence-electron chi connectivity index (χ1n) is 9.12. The molecule has 154 valence electrons. The van der Waals surface area contributed by atoms with Crippen molar-refractivity contribution in [3.8, 4) is 0 Å². The van der Waals surface area contributed by atoms with Crippen molar-refractivity contribution in [2.75, 3.05) is 19.0 Å². The number of nitrogens with zero attached hydrogens (tertiary/aromatic N) is 3. The molecule has 0 aliphatic rings. The number of halogens is 1. The first-order valence-corrected chi connectivity index (χ1v) is 9.12. The van der Waals surface area contributed by atoms with Gasteiger partial charge >= 0.3 is 5.69 Å². The monoisotopic (exact) mass is 402 g/mol. The Hall–Kier alpha value is -3.20. The molecule has 8 nitrogen and oxygen atoms in total. The molecule has 0 unspecified atom stereocenters. The number of aromatic nitrogens is 3. The zero-order chi connectivity index (χ0) is 21.3. The van der Waals surface area contributed by atoms with E-state index in [2.05, 4.69) is 5.32 Å². The van der Waals surface area contributed by atoms with E-state index in [1.54, 1.807) is 37.8 Å². The molecule has 0 radical (unpaired) electrons. The van der Waals surface area contributed by atoms with Crippen LogP contribution < -0.4 is 16.6 Å². The predicted molar refractivity (Wildman–Crippen MR) is 108 cm³/mol. The normalized spacial score (nSPS) is 11.2. The van der Waals surface area contributed by atoms with E-state index in [9.17, 15) is 18.8 Å². The lowest BCUT2D eigenvalue weighted by Gasteiger charge is -2.13. The van der Waals surface area contributed by atoms with Gasteiger partial charge in [-0.25, -0.2) is 9.18 Å². The third kappa shape index (κ3) is 3.73. The second kappa shape index (κ2) is 8.04. The summed E-state index contributed by atoms with van der Waals surface area (Å²) in [6.07, 6.45) is 0.573. The van der Waals surface area contributed by atoms with E-state index in [-0.39, 0.29) is 11.1 Å². The van der Waals surface area contributed by atoms with Gasteiger partial charge in [-0.05, 0) is 37.1 Å². The Balaban J connectivity index is 2.13.